The number of hydrogen-bond donors (Lipinski definition) is 2. The third kappa shape index (κ3) is 4.11. The molecule has 6 heteroatoms. The highest BCUT2D eigenvalue weighted by Crippen LogP contribution is 2.28. The third-order valence-corrected chi connectivity index (χ3v) is 4.79. The predicted molar refractivity (Wildman–Crippen MR) is 79.6 cm³/mol. The van der Waals surface area contributed by atoms with Crippen LogP contribution < -0.4 is 10.6 Å². The van der Waals surface area contributed by atoms with Crippen LogP contribution in [0.15, 0.2) is 4.42 Å². The molecule has 2 rings (SSSR count). The van der Waals surface area contributed by atoms with E-state index in [9.17, 15) is 0 Å². The molecule has 1 aromatic heterocycles. The molecule has 19 heavy (non-hydrogen) atoms. The molecule has 1 atom stereocenters. The van der Waals surface area contributed by atoms with Gasteiger partial charge in [0.1, 0.15) is 0 Å². The van der Waals surface area contributed by atoms with E-state index in [1.807, 2.05) is 18.7 Å². The average molecular weight is 284 g/mol. The van der Waals surface area contributed by atoms with E-state index in [-0.39, 0.29) is 6.04 Å². The number of nitrogens with zero attached hydrogens (tertiary/aromatic N) is 2. The van der Waals surface area contributed by atoms with Gasteiger partial charge in [-0.05, 0) is 45.4 Å². The Hall–Kier alpha value is -0.750. The number of rotatable bonds is 6. The van der Waals surface area contributed by atoms with Gasteiger partial charge in [0, 0.05) is 11.3 Å². The van der Waals surface area contributed by atoms with Crippen molar-refractivity contribution in [1.29, 1.82) is 0 Å². The van der Waals surface area contributed by atoms with Gasteiger partial charge in [0.2, 0.25) is 5.89 Å². The summed E-state index contributed by atoms with van der Waals surface area (Å²) in [7, 11) is 0. The molecular weight excluding hydrogens is 260 g/mol. The molecule has 1 aliphatic carbocycles. The molecule has 108 valence electrons. The highest BCUT2D eigenvalue weighted by Gasteiger charge is 2.22. The molecule has 0 radical (unpaired) electrons. The van der Waals surface area contributed by atoms with Crippen LogP contribution in [0.5, 0.6) is 0 Å². The van der Waals surface area contributed by atoms with Gasteiger partial charge < -0.3 is 15.1 Å². The average Bonchev–Trinajstić information content (AvgIpc) is 2.88. The summed E-state index contributed by atoms with van der Waals surface area (Å²) in [6.45, 7) is 4.99. The molecule has 1 fully saturated rings. The third-order valence-electron chi connectivity index (χ3n) is 3.66. The topological polar surface area (TPSA) is 63.0 Å². The minimum absolute atomic E-state index is 0.111. The first kappa shape index (κ1) is 14.7. The lowest BCUT2D eigenvalue weighted by molar-refractivity contribution is 0.415. The lowest BCUT2D eigenvalue weighted by Crippen LogP contribution is -2.27. The van der Waals surface area contributed by atoms with Crippen molar-refractivity contribution in [3.05, 3.63) is 5.89 Å². The van der Waals surface area contributed by atoms with Crippen molar-refractivity contribution in [1.82, 2.24) is 15.5 Å². The Balaban J connectivity index is 1.83. The van der Waals surface area contributed by atoms with Crippen LogP contribution in [-0.2, 0) is 0 Å². The van der Waals surface area contributed by atoms with E-state index in [4.69, 9.17) is 4.42 Å². The molecule has 0 bridgehead atoms. The van der Waals surface area contributed by atoms with Gasteiger partial charge in [0.15, 0.2) is 0 Å². The summed E-state index contributed by atoms with van der Waals surface area (Å²) < 4.78 is 5.65. The van der Waals surface area contributed by atoms with E-state index in [0.29, 0.717) is 17.9 Å². The summed E-state index contributed by atoms with van der Waals surface area (Å²) >= 11 is 1.98. The van der Waals surface area contributed by atoms with Crippen LogP contribution in [0.1, 0.15) is 51.5 Å². The Kier molecular flexibility index (Phi) is 5.51. The molecule has 0 saturated heterocycles. The molecule has 5 nitrogen and oxygen atoms in total. The standard InChI is InChI=1S/C13H24N4OS/c1-4-14-9(2)12-16-17-13(18-12)15-10-5-7-11(19-3)8-6-10/h9-11,14H,4-8H2,1-3H3,(H,15,17). The molecule has 1 saturated carbocycles. The summed E-state index contributed by atoms with van der Waals surface area (Å²) in [6, 6.07) is 1.15. The van der Waals surface area contributed by atoms with Crippen LogP contribution in [0.2, 0.25) is 0 Å². The van der Waals surface area contributed by atoms with Crippen molar-refractivity contribution in [2.75, 3.05) is 18.1 Å². The summed E-state index contributed by atoms with van der Waals surface area (Å²) in [5, 5.41) is 15.6. The Bertz CT molecular complexity index is 376. The van der Waals surface area contributed by atoms with Crippen LogP contribution >= 0.6 is 11.8 Å². The summed E-state index contributed by atoms with van der Waals surface area (Å²) in [5.74, 6) is 0.655. The molecular formula is C13H24N4OS. The van der Waals surface area contributed by atoms with Crippen LogP contribution in [-0.4, -0.2) is 34.3 Å². The second-order valence-electron chi connectivity index (χ2n) is 5.08. The van der Waals surface area contributed by atoms with Crippen LogP contribution in [0.4, 0.5) is 6.01 Å². The molecule has 1 heterocycles. The van der Waals surface area contributed by atoms with Gasteiger partial charge in [0.25, 0.3) is 0 Å². The summed E-state index contributed by atoms with van der Waals surface area (Å²) in [4.78, 5) is 0. The Morgan fingerprint density at radius 3 is 2.68 bits per heavy atom. The highest BCUT2D eigenvalue weighted by atomic mass is 32.2. The smallest absolute Gasteiger partial charge is 0.315 e. The van der Waals surface area contributed by atoms with Crippen molar-refractivity contribution in [3.8, 4) is 0 Å². The highest BCUT2D eigenvalue weighted by molar-refractivity contribution is 7.99. The van der Waals surface area contributed by atoms with Crippen LogP contribution in [0.3, 0.4) is 0 Å². The van der Waals surface area contributed by atoms with E-state index in [1.54, 1.807) is 0 Å². The maximum absolute atomic E-state index is 5.65. The quantitative estimate of drug-likeness (QED) is 0.837. The van der Waals surface area contributed by atoms with Crippen molar-refractivity contribution in [3.63, 3.8) is 0 Å². The van der Waals surface area contributed by atoms with Crippen molar-refractivity contribution >= 4 is 17.8 Å². The molecule has 1 aromatic rings. The monoisotopic (exact) mass is 284 g/mol. The maximum atomic E-state index is 5.65. The van der Waals surface area contributed by atoms with Gasteiger partial charge >= 0.3 is 6.01 Å². The largest absolute Gasteiger partial charge is 0.406 e. The van der Waals surface area contributed by atoms with Gasteiger partial charge in [-0.3, -0.25) is 0 Å². The first-order valence-corrected chi connectivity index (χ1v) is 8.37. The van der Waals surface area contributed by atoms with Crippen molar-refractivity contribution in [2.45, 2.75) is 56.9 Å². The lowest BCUT2D eigenvalue weighted by Gasteiger charge is -2.27. The maximum Gasteiger partial charge on any atom is 0.315 e. The first-order chi connectivity index (χ1) is 9.22. The molecule has 0 aromatic carbocycles. The Labute approximate surface area is 119 Å². The van der Waals surface area contributed by atoms with E-state index in [1.165, 1.54) is 25.7 Å². The lowest BCUT2D eigenvalue weighted by atomic mass is 9.95. The predicted octanol–water partition coefficient (Wildman–Crippen LogP) is 2.83. The number of thioether (sulfide) groups is 1. The zero-order valence-electron chi connectivity index (χ0n) is 12.0. The molecule has 2 N–H and O–H groups in total. The second kappa shape index (κ2) is 7.14. The summed E-state index contributed by atoms with van der Waals surface area (Å²) in [5.41, 5.74) is 0. The minimum atomic E-state index is 0.111. The van der Waals surface area contributed by atoms with Crippen LogP contribution in [0, 0.1) is 0 Å². The van der Waals surface area contributed by atoms with Gasteiger partial charge in [0.05, 0.1) is 6.04 Å². The summed E-state index contributed by atoms with van der Waals surface area (Å²) in [6.07, 6.45) is 7.12. The minimum Gasteiger partial charge on any atom is -0.406 e. The second-order valence-corrected chi connectivity index (χ2v) is 6.22. The van der Waals surface area contributed by atoms with Crippen molar-refractivity contribution < 1.29 is 4.42 Å². The zero-order chi connectivity index (χ0) is 13.7. The molecule has 0 aliphatic heterocycles. The normalized spacial score (nSPS) is 25.2. The van der Waals surface area contributed by atoms with E-state index in [0.717, 1.165) is 11.8 Å². The Morgan fingerprint density at radius 1 is 1.32 bits per heavy atom. The van der Waals surface area contributed by atoms with Gasteiger partial charge in [-0.15, -0.1) is 5.10 Å². The number of aromatic nitrogens is 2. The van der Waals surface area contributed by atoms with Crippen molar-refractivity contribution in [2.24, 2.45) is 0 Å². The molecule has 0 spiro atoms. The van der Waals surface area contributed by atoms with E-state index < -0.39 is 0 Å². The molecule has 0 amide bonds. The Morgan fingerprint density at radius 2 is 2.05 bits per heavy atom. The fourth-order valence-electron chi connectivity index (χ4n) is 2.48. The van der Waals surface area contributed by atoms with E-state index in [2.05, 4.69) is 34.0 Å². The number of nitrogens with one attached hydrogen (secondary N) is 2. The fraction of sp³-hybridized carbons (Fsp3) is 0.846. The number of hydrogen-bond acceptors (Lipinski definition) is 6. The first-order valence-electron chi connectivity index (χ1n) is 7.09. The zero-order valence-corrected chi connectivity index (χ0v) is 12.8. The molecule has 1 aliphatic rings. The SMILES string of the molecule is CCNC(C)c1nnc(NC2CCC(SC)CC2)o1. The number of anilines is 1. The van der Waals surface area contributed by atoms with E-state index >= 15 is 0 Å². The van der Waals surface area contributed by atoms with Gasteiger partial charge in [-0.25, -0.2) is 0 Å². The van der Waals surface area contributed by atoms with Gasteiger partial charge in [-0.1, -0.05) is 12.0 Å². The molecule has 1 unspecified atom stereocenters. The fourth-order valence-corrected chi connectivity index (χ4v) is 3.22. The van der Waals surface area contributed by atoms with Gasteiger partial charge in [-0.2, -0.15) is 11.8 Å². The van der Waals surface area contributed by atoms with Crippen LogP contribution in [0.25, 0.3) is 0 Å².